The fraction of sp³-hybridized carbons (Fsp3) is 0.913. The summed E-state index contributed by atoms with van der Waals surface area (Å²) in [6.45, 7) is 4.96. The Morgan fingerprint density at radius 1 is 0.360 bits per heavy atom. The summed E-state index contributed by atoms with van der Waals surface area (Å²) >= 11 is 0. The molecule has 2 unspecified atom stereocenters. The van der Waals surface area contributed by atoms with Gasteiger partial charge in [-0.25, -0.2) is 0 Å². The van der Waals surface area contributed by atoms with Crippen molar-refractivity contribution in [3.63, 3.8) is 0 Å². The van der Waals surface area contributed by atoms with Gasteiger partial charge >= 0.3 is 5.97 Å². The zero-order chi connectivity index (χ0) is 54.3. The van der Waals surface area contributed by atoms with E-state index in [1.165, 1.54) is 302 Å². The van der Waals surface area contributed by atoms with Gasteiger partial charge in [-0.15, -0.1) is 0 Å². The lowest BCUT2D eigenvalue weighted by atomic mass is 10.0. The van der Waals surface area contributed by atoms with E-state index < -0.39 is 12.1 Å². The van der Waals surface area contributed by atoms with Gasteiger partial charge in [-0.3, -0.25) is 9.59 Å². The summed E-state index contributed by atoms with van der Waals surface area (Å²) in [4.78, 5) is 24.5. The van der Waals surface area contributed by atoms with E-state index >= 15 is 0 Å². The highest BCUT2D eigenvalue weighted by Crippen LogP contribution is 2.18. The summed E-state index contributed by atoms with van der Waals surface area (Å²) in [6.07, 6.45) is 80.7. The number of nitrogens with one attached hydrogen (secondary N) is 1. The van der Waals surface area contributed by atoms with Crippen molar-refractivity contribution in [3.8, 4) is 0 Å². The molecule has 0 aromatic carbocycles. The van der Waals surface area contributed by atoms with Crippen LogP contribution in [0.2, 0.25) is 0 Å². The summed E-state index contributed by atoms with van der Waals surface area (Å²) in [5.74, 6) is -0.0235. The molecule has 0 bridgehead atoms. The molecular weight excluding hydrogens is 923 g/mol. The average molecular weight is 1060 g/mol. The van der Waals surface area contributed by atoms with Gasteiger partial charge in [-0.2, -0.15) is 0 Å². The molecule has 6 nitrogen and oxygen atoms in total. The molecule has 0 aromatic heterocycles. The van der Waals surface area contributed by atoms with Crippen LogP contribution in [0.15, 0.2) is 24.3 Å². The maximum absolute atomic E-state index is 12.5. The second-order valence-corrected chi connectivity index (χ2v) is 23.5. The van der Waals surface area contributed by atoms with Gasteiger partial charge in [0, 0.05) is 12.8 Å². The Morgan fingerprint density at radius 2 is 0.627 bits per heavy atom. The van der Waals surface area contributed by atoms with Crippen molar-refractivity contribution in [3.05, 3.63) is 24.3 Å². The molecule has 0 radical (unpaired) electrons. The van der Waals surface area contributed by atoms with Gasteiger partial charge in [-0.05, 0) is 77.0 Å². The van der Waals surface area contributed by atoms with Gasteiger partial charge in [-0.1, -0.05) is 314 Å². The summed E-state index contributed by atoms with van der Waals surface area (Å²) < 4.78 is 5.48. The van der Waals surface area contributed by atoms with Gasteiger partial charge in [0.15, 0.2) is 0 Å². The highest BCUT2D eigenvalue weighted by atomic mass is 16.5. The monoisotopic (exact) mass is 1060 g/mol. The summed E-state index contributed by atoms with van der Waals surface area (Å²) in [6, 6.07) is -0.540. The third-order valence-electron chi connectivity index (χ3n) is 16.0. The van der Waals surface area contributed by atoms with Crippen molar-refractivity contribution in [1.82, 2.24) is 5.32 Å². The normalized spacial score (nSPS) is 12.6. The second-order valence-electron chi connectivity index (χ2n) is 23.5. The summed E-state index contributed by atoms with van der Waals surface area (Å²) in [5.41, 5.74) is 0. The minimum absolute atomic E-state index is 0.00770. The molecule has 3 N–H and O–H groups in total. The van der Waals surface area contributed by atoms with Crippen molar-refractivity contribution in [2.24, 2.45) is 0 Å². The molecule has 1 amide bonds. The topological polar surface area (TPSA) is 95.9 Å². The maximum Gasteiger partial charge on any atom is 0.305 e. The molecule has 0 aliphatic carbocycles. The fourth-order valence-corrected chi connectivity index (χ4v) is 10.7. The van der Waals surface area contributed by atoms with Crippen LogP contribution < -0.4 is 5.32 Å². The Morgan fingerprint density at radius 3 is 0.960 bits per heavy atom. The maximum atomic E-state index is 12.5. The number of hydrogen-bond donors (Lipinski definition) is 3. The van der Waals surface area contributed by atoms with Crippen LogP contribution in [0.3, 0.4) is 0 Å². The lowest BCUT2D eigenvalue weighted by Gasteiger charge is -2.22. The molecule has 0 rings (SSSR count). The third-order valence-corrected chi connectivity index (χ3v) is 16.0. The van der Waals surface area contributed by atoms with Gasteiger partial charge in [0.1, 0.15) is 0 Å². The van der Waals surface area contributed by atoms with Crippen LogP contribution in [0, 0.1) is 0 Å². The molecule has 0 spiro atoms. The molecule has 0 aliphatic rings. The van der Waals surface area contributed by atoms with Crippen molar-refractivity contribution in [1.29, 1.82) is 0 Å². The van der Waals surface area contributed by atoms with E-state index in [9.17, 15) is 19.8 Å². The van der Waals surface area contributed by atoms with Crippen LogP contribution in [0.1, 0.15) is 380 Å². The van der Waals surface area contributed by atoms with Crippen LogP contribution >= 0.6 is 0 Å². The minimum atomic E-state index is -0.663. The van der Waals surface area contributed by atoms with E-state index in [2.05, 4.69) is 43.5 Å². The predicted octanol–water partition coefficient (Wildman–Crippen LogP) is 21.8. The van der Waals surface area contributed by atoms with E-state index in [4.69, 9.17) is 4.74 Å². The predicted molar refractivity (Wildman–Crippen MR) is 329 cm³/mol. The standard InChI is InChI=1S/C69H133NO5/c1-3-5-7-9-11-13-15-17-18-34-38-41-45-49-53-57-61-67(72)66(65-71)70-68(73)62-58-54-50-46-42-39-35-32-30-28-26-24-22-20-19-21-23-25-27-29-31-33-36-40-44-48-52-56-60-64-75-69(74)63-59-55-51-47-43-37-16-14-12-10-8-6-4-2/h14,16,19,21,66-67,71-72H,3-13,15,17-18,20,22-65H2,1-2H3,(H,70,73)/b16-14-,21-19-. The average Bonchev–Trinajstić information content (AvgIpc) is 3.41. The van der Waals surface area contributed by atoms with Crippen LogP contribution in [0.4, 0.5) is 0 Å². The van der Waals surface area contributed by atoms with E-state index in [0.29, 0.717) is 25.9 Å². The smallest absolute Gasteiger partial charge is 0.305 e. The van der Waals surface area contributed by atoms with Crippen LogP contribution in [0.5, 0.6) is 0 Å². The molecule has 6 heteroatoms. The van der Waals surface area contributed by atoms with Crippen molar-refractivity contribution in [2.45, 2.75) is 392 Å². The van der Waals surface area contributed by atoms with E-state index in [-0.39, 0.29) is 18.5 Å². The van der Waals surface area contributed by atoms with E-state index in [1.54, 1.807) is 0 Å². The first kappa shape index (κ1) is 73.3. The molecule has 0 aromatic rings. The largest absolute Gasteiger partial charge is 0.466 e. The summed E-state index contributed by atoms with van der Waals surface area (Å²) in [5, 5.41) is 23.3. The summed E-state index contributed by atoms with van der Waals surface area (Å²) in [7, 11) is 0. The number of ether oxygens (including phenoxy) is 1. The molecule has 0 aliphatic heterocycles. The Kier molecular flexibility index (Phi) is 63.4. The van der Waals surface area contributed by atoms with Crippen molar-refractivity contribution in [2.75, 3.05) is 13.2 Å². The first-order chi connectivity index (χ1) is 37.0. The number of esters is 1. The SMILES string of the molecule is CCCCCC/C=C\CCCCCCCC(=O)OCCCCCCCCCCCCCC/C=C\CCCCCCCCCCCCCCCC(=O)NC(CO)C(O)CCCCCCCCCCCCCCCCCC. The van der Waals surface area contributed by atoms with Gasteiger partial charge < -0.3 is 20.3 Å². The number of carbonyl (C=O) groups excluding carboxylic acids is 2. The zero-order valence-electron chi connectivity index (χ0n) is 50.8. The molecular formula is C69H133NO5. The number of aliphatic hydroxyl groups excluding tert-OH is 2. The number of aliphatic hydroxyl groups is 2. The Balaban J connectivity index is 3.37. The highest BCUT2D eigenvalue weighted by Gasteiger charge is 2.20. The van der Waals surface area contributed by atoms with Gasteiger partial charge in [0.05, 0.1) is 25.4 Å². The fourth-order valence-electron chi connectivity index (χ4n) is 10.7. The lowest BCUT2D eigenvalue weighted by molar-refractivity contribution is -0.143. The molecule has 2 atom stereocenters. The van der Waals surface area contributed by atoms with E-state index in [0.717, 1.165) is 44.9 Å². The number of hydrogen-bond acceptors (Lipinski definition) is 5. The molecule has 444 valence electrons. The van der Waals surface area contributed by atoms with Crippen molar-refractivity contribution >= 4 is 11.9 Å². The number of carbonyl (C=O) groups is 2. The molecule has 0 saturated carbocycles. The van der Waals surface area contributed by atoms with Crippen LogP contribution in [-0.4, -0.2) is 47.4 Å². The first-order valence-electron chi connectivity index (χ1n) is 34.1. The molecule has 0 fully saturated rings. The number of unbranched alkanes of at least 4 members (excludes halogenated alkanes) is 49. The zero-order valence-corrected chi connectivity index (χ0v) is 50.8. The second kappa shape index (κ2) is 64.9. The highest BCUT2D eigenvalue weighted by molar-refractivity contribution is 5.76. The molecule has 0 saturated heterocycles. The lowest BCUT2D eigenvalue weighted by Crippen LogP contribution is -2.45. The number of allylic oxidation sites excluding steroid dienone is 4. The Hall–Kier alpha value is -1.66. The number of rotatable bonds is 64. The van der Waals surface area contributed by atoms with Crippen LogP contribution in [-0.2, 0) is 14.3 Å². The van der Waals surface area contributed by atoms with E-state index in [1.807, 2.05) is 0 Å². The first-order valence-corrected chi connectivity index (χ1v) is 34.1. The Labute approximate surface area is 469 Å². The van der Waals surface area contributed by atoms with Gasteiger partial charge in [0.25, 0.3) is 0 Å². The van der Waals surface area contributed by atoms with Crippen LogP contribution in [0.25, 0.3) is 0 Å². The quantitative estimate of drug-likeness (QED) is 0.0320. The minimum Gasteiger partial charge on any atom is -0.466 e. The van der Waals surface area contributed by atoms with Crippen molar-refractivity contribution < 1.29 is 24.5 Å². The molecule has 0 heterocycles. The molecule has 75 heavy (non-hydrogen) atoms. The Bertz CT molecular complexity index is 1170. The van der Waals surface area contributed by atoms with Gasteiger partial charge in [0.2, 0.25) is 5.91 Å². The number of amides is 1. The third kappa shape index (κ3) is 61.4.